The number of carbonyl (C=O) groups is 1. The van der Waals surface area contributed by atoms with E-state index in [9.17, 15) is 4.79 Å². The van der Waals surface area contributed by atoms with Crippen molar-refractivity contribution in [2.45, 2.75) is 71.3 Å². The van der Waals surface area contributed by atoms with Crippen LogP contribution in [0.5, 0.6) is 0 Å². The molecule has 0 bridgehead atoms. The average Bonchev–Trinajstić information content (AvgIpc) is 2.45. The molecule has 2 unspecified atom stereocenters. The number of amides is 1. The van der Waals surface area contributed by atoms with Gasteiger partial charge < -0.3 is 10.6 Å². The van der Waals surface area contributed by atoms with Crippen molar-refractivity contribution >= 4 is 18.3 Å². The second-order valence-corrected chi connectivity index (χ2v) is 7.36. The molecule has 2 aliphatic rings. The van der Waals surface area contributed by atoms with Gasteiger partial charge in [0.1, 0.15) is 0 Å². The van der Waals surface area contributed by atoms with E-state index >= 15 is 0 Å². The smallest absolute Gasteiger partial charge is 0.225 e. The lowest BCUT2D eigenvalue weighted by Gasteiger charge is -2.36. The molecular formula is C17H33ClN2O. The molecule has 4 heteroatoms. The Morgan fingerprint density at radius 1 is 1.19 bits per heavy atom. The van der Waals surface area contributed by atoms with E-state index in [1.807, 2.05) is 0 Å². The Labute approximate surface area is 136 Å². The molecule has 2 N–H and O–H groups in total. The molecule has 1 heterocycles. The van der Waals surface area contributed by atoms with Crippen LogP contribution in [0.15, 0.2) is 0 Å². The number of piperidine rings is 1. The normalized spacial score (nSPS) is 27.5. The van der Waals surface area contributed by atoms with Gasteiger partial charge in [-0.15, -0.1) is 12.4 Å². The molecule has 2 atom stereocenters. The van der Waals surface area contributed by atoms with Gasteiger partial charge in [-0.05, 0) is 43.9 Å². The van der Waals surface area contributed by atoms with Gasteiger partial charge in [-0.1, -0.05) is 33.1 Å². The molecule has 2 rings (SSSR count). The Kier molecular flexibility index (Phi) is 8.04. The maximum Gasteiger partial charge on any atom is 0.225 e. The van der Waals surface area contributed by atoms with Crippen LogP contribution in [0, 0.1) is 17.8 Å². The number of rotatable bonds is 4. The first kappa shape index (κ1) is 18.8. The zero-order valence-electron chi connectivity index (χ0n) is 13.7. The molecule has 0 radical (unpaired) electrons. The van der Waals surface area contributed by atoms with E-state index in [1.54, 1.807) is 0 Å². The Morgan fingerprint density at radius 2 is 1.86 bits per heavy atom. The minimum Gasteiger partial charge on any atom is -0.342 e. The lowest BCUT2D eigenvalue weighted by atomic mass is 9.84. The van der Waals surface area contributed by atoms with Crippen LogP contribution < -0.4 is 5.73 Å². The second-order valence-electron chi connectivity index (χ2n) is 7.36. The molecular weight excluding hydrogens is 284 g/mol. The Balaban J connectivity index is 0.00000220. The van der Waals surface area contributed by atoms with E-state index in [0.29, 0.717) is 5.91 Å². The molecule has 3 nitrogen and oxygen atoms in total. The van der Waals surface area contributed by atoms with Gasteiger partial charge in [-0.25, -0.2) is 0 Å². The fraction of sp³-hybridized carbons (Fsp3) is 0.941. The summed E-state index contributed by atoms with van der Waals surface area (Å²) in [7, 11) is 0. The van der Waals surface area contributed by atoms with E-state index in [0.717, 1.165) is 50.6 Å². The van der Waals surface area contributed by atoms with Crippen LogP contribution in [-0.2, 0) is 4.79 Å². The van der Waals surface area contributed by atoms with Gasteiger partial charge in [0.2, 0.25) is 5.91 Å². The van der Waals surface area contributed by atoms with Crippen LogP contribution >= 0.6 is 12.4 Å². The molecule has 2 fully saturated rings. The highest BCUT2D eigenvalue weighted by Gasteiger charge is 2.31. The van der Waals surface area contributed by atoms with Gasteiger partial charge in [0.15, 0.2) is 0 Å². The summed E-state index contributed by atoms with van der Waals surface area (Å²) >= 11 is 0. The summed E-state index contributed by atoms with van der Waals surface area (Å²) in [4.78, 5) is 14.7. The monoisotopic (exact) mass is 316 g/mol. The van der Waals surface area contributed by atoms with Crippen molar-refractivity contribution in [3.05, 3.63) is 0 Å². The molecule has 124 valence electrons. The van der Waals surface area contributed by atoms with Crippen LogP contribution in [0.25, 0.3) is 0 Å². The standard InChI is InChI=1S/C17H32N2O.ClH/c1-13(2)6-7-14-8-10-19(11-9-14)17(20)15-4-3-5-16(18)12-15;/h13-16H,3-12,18H2,1-2H3;1H. The molecule has 0 aromatic heterocycles. The fourth-order valence-electron chi connectivity index (χ4n) is 3.72. The molecule has 1 aliphatic heterocycles. The highest BCUT2D eigenvalue weighted by atomic mass is 35.5. The highest BCUT2D eigenvalue weighted by molar-refractivity contribution is 5.85. The number of nitrogens with zero attached hydrogens (tertiary/aromatic N) is 1. The van der Waals surface area contributed by atoms with Crippen LogP contribution in [0.3, 0.4) is 0 Å². The number of likely N-dealkylation sites (tertiary alicyclic amines) is 1. The van der Waals surface area contributed by atoms with Crippen LogP contribution in [-0.4, -0.2) is 29.9 Å². The summed E-state index contributed by atoms with van der Waals surface area (Å²) in [5.41, 5.74) is 6.01. The molecule has 21 heavy (non-hydrogen) atoms. The van der Waals surface area contributed by atoms with E-state index in [1.165, 1.54) is 25.7 Å². The molecule has 0 aromatic rings. The van der Waals surface area contributed by atoms with Gasteiger partial charge in [-0.2, -0.15) is 0 Å². The van der Waals surface area contributed by atoms with E-state index in [-0.39, 0.29) is 24.4 Å². The summed E-state index contributed by atoms with van der Waals surface area (Å²) in [6.07, 6.45) is 9.27. The summed E-state index contributed by atoms with van der Waals surface area (Å²) in [5.74, 6) is 2.25. The van der Waals surface area contributed by atoms with Crippen molar-refractivity contribution in [1.82, 2.24) is 4.90 Å². The van der Waals surface area contributed by atoms with E-state index in [4.69, 9.17) is 5.73 Å². The molecule has 0 aromatic carbocycles. The molecule has 1 aliphatic carbocycles. The maximum absolute atomic E-state index is 12.5. The van der Waals surface area contributed by atoms with Crippen molar-refractivity contribution in [2.24, 2.45) is 23.5 Å². The third-order valence-electron chi connectivity index (χ3n) is 5.14. The minimum absolute atomic E-state index is 0. The van der Waals surface area contributed by atoms with Crippen molar-refractivity contribution < 1.29 is 4.79 Å². The molecule has 1 amide bonds. The lowest BCUT2D eigenvalue weighted by molar-refractivity contribution is -0.138. The van der Waals surface area contributed by atoms with Crippen molar-refractivity contribution in [1.29, 1.82) is 0 Å². The summed E-state index contributed by atoms with van der Waals surface area (Å²) in [6.45, 7) is 6.55. The van der Waals surface area contributed by atoms with Gasteiger partial charge in [-0.3, -0.25) is 4.79 Å². The Hall–Kier alpha value is -0.280. The zero-order chi connectivity index (χ0) is 14.5. The summed E-state index contributed by atoms with van der Waals surface area (Å²) in [6, 6.07) is 0.251. The second kappa shape index (κ2) is 8.99. The number of carbonyl (C=O) groups excluding carboxylic acids is 1. The SMILES string of the molecule is CC(C)CCC1CCN(C(=O)C2CCCC(N)C2)CC1.Cl. The quantitative estimate of drug-likeness (QED) is 0.861. The third kappa shape index (κ3) is 5.78. The van der Waals surface area contributed by atoms with Gasteiger partial charge in [0.25, 0.3) is 0 Å². The van der Waals surface area contributed by atoms with Crippen molar-refractivity contribution in [3.63, 3.8) is 0 Å². The highest BCUT2D eigenvalue weighted by Crippen LogP contribution is 2.28. The number of hydrogen-bond donors (Lipinski definition) is 1. The van der Waals surface area contributed by atoms with Crippen molar-refractivity contribution in [2.75, 3.05) is 13.1 Å². The Bertz CT molecular complexity index is 314. The third-order valence-corrected chi connectivity index (χ3v) is 5.14. The minimum atomic E-state index is 0. The van der Waals surface area contributed by atoms with Gasteiger partial charge in [0.05, 0.1) is 0 Å². The molecule has 1 saturated heterocycles. The predicted molar refractivity (Wildman–Crippen MR) is 90.6 cm³/mol. The van der Waals surface area contributed by atoms with Crippen LogP contribution in [0.1, 0.15) is 65.2 Å². The number of nitrogens with two attached hydrogens (primary N) is 1. The topological polar surface area (TPSA) is 46.3 Å². The molecule has 1 saturated carbocycles. The maximum atomic E-state index is 12.5. The van der Waals surface area contributed by atoms with E-state index in [2.05, 4.69) is 18.7 Å². The van der Waals surface area contributed by atoms with Gasteiger partial charge >= 0.3 is 0 Å². The fourth-order valence-corrected chi connectivity index (χ4v) is 3.72. The first-order valence-corrected chi connectivity index (χ1v) is 8.60. The zero-order valence-corrected chi connectivity index (χ0v) is 14.5. The average molecular weight is 317 g/mol. The largest absolute Gasteiger partial charge is 0.342 e. The first-order valence-electron chi connectivity index (χ1n) is 8.60. The lowest BCUT2D eigenvalue weighted by Crippen LogP contribution is -2.44. The Morgan fingerprint density at radius 3 is 2.43 bits per heavy atom. The summed E-state index contributed by atoms with van der Waals surface area (Å²) in [5, 5.41) is 0. The predicted octanol–water partition coefficient (Wildman–Crippen LogP) is 3.60. The van der Waals surface area contributed by atoms with Crippen molar-refractivity contribution in [3.8, 4) is 0 Å². The number of halogens is 1. The van der Waals surface area contributed by atoms with Crippen LogP contribution in [0.4, 0.5) is 0 Å². The summed E-state index contributed by atoms with van der Waals surface area (Å²) < 4.78 is 0. The first-order chi connectivity index (χ1) is 9.56. The van der Waals surface area contributed by atoms with Gasteiger partial charge in [0, 0.05) is 25.0 Å². The van der Waals surface area contributed by atoms with E-state index < -0.39 is 0 Å². The van der Waals surface area contributed by atoms with Crippen LogP contribution in [0.2, 0.25) is 0 Å². The molecule has 0 spiro atoms. The number of hydrogen-bond acceptors (Lipinski definition) is 2.